The highest BCUT2D eigenvalue weighted by molar-refractivity contribution is 5.97. The predicted octanol–water partition coefficient (Wildman–Crippen LogP) is 4.02. The molecule has 1 atom stereocenters. The zero-order chi connectivity index (χ0) is 26.0. The van der Waals surface area contributed by atoms with E-state index < -0.39 is 0 Å². The highest BCUT2D eigenvalue weighted by Crippen LogP contribution is 2.30. The number of amides is 1. The van der Waals surface area contributed by atoms with E-state index in [1.165, 1.54) is 0 Å². The molecule has 9 nitrogen and oxygen atoms in total. The minimum absolute atomic E-state index is 0.0784. The monoisotopic (exact) mass is 493 g/mol. The Labute approximate surface area is 213 Å². The Bertz CT molecular complexity index is 1230. The second kappa shape index (κ2) is 10.3. The van der Waals surface area contributed by atoms with Crippen molar-refractivity contribution >= 4 is 23.2 Å². The molecule has 9 heteroatoms. The first-order valence-electron chi connectivity index (χ1n) is 12.7. The average Bonchev–Trinajstić information content (AvgIpc) is 3.25. The Hall–Kier alpha value is -3.33. The Morgan fingerprint density at radius 1 is 1.19 bits per heavy atom. The number of nitrogens with two attached hydrogens (primary N) is 1. The van der Waals surface area contributed by atoms with E-state index in [0.29, 0.717) is 30.9 Å². The number of hydrogen-bond donors (Lipinski definition) is 2. The maximum Gasteiger partial charge on any atom is 0.257 e. The Morgan fingerprint density at radius 3 is 2.69 bits per heavy atom. The molecule has 0 spiro atoms. The van der Waals surface area contributed by atoms with Crippen molar-refractivity contribution in [2.24, 2.45) is 5.73 Å². The van der Waals surface area contributed by atoms with Crippen LogP contribution in [0.25, 0.3) is 5.65 Å². The van der Waals surface area contributed by atoms with Gasteiger partial charge in [-0.1, -0.05) is 18.6 Å². The zero-order valence-electron chi connectivity index (χ0n) is 22.3. The highest BCUT2D eigenvalue weighted by Gasteiger charge is 2.27. The molecule has 2 bridgehead atoms. The van der Waals surface area contributed by atoms with E-state index in [0.717, 1.165) is 47.9 Å². The molecule has 1 aliphatic heterocycles. The normalized spacial score (nSPS) is 17.5. The van der Waals surface area contributed by atoms with E-state index >= 15 is 0 Å². The van der Waals surface area contributed by atoms with Crippen molar-refractivity contribution < 1.29 is 9.53 Å². The number of hydrogen-bond acceptors (Lipinski definition) is 7. The number of nitrogens with one attached hydrogen (secondary N) is 1. The fourth-order valence-electron chi connectivity index (χ4n) is 4.52. The van der Waals surface area contributed by atoms with Crippen molar-refractivity contribution in [1.82, 2.24) is 19.5 Å². The summed E-state index contributed by atoms with van der Waals surface area (Å²) in [7, 11) is 3.90. The lowest BCUT2D eigenvalue weighted by Gasteiger charge is -2.27. The van der Waals surface area contributed by atoms with Gasteiger partial charge >= 0.3 is 0 Å². The lowest BCUT2D eigenvalue weighted by atomic mass is 10.1. The highest BCUT2D eigenvalue weighted by atomic mass is 16.5. The zero-order valence-corrected chi connectivity index (χ0v) is 22.3. The molecule has 194 valence electrons. The lowest BCUT2D eigenvalue weighted by molar-refractivity contribution is 0.0718. The molecule has 0 saturated carbocycles. The van der Waals surface area contributed by atoms with E-state index in [4.69, 9.17) is 20.6 Å². The lowest BCUT2D eigenvalue weighted by Crippen LogP contribution is -2.39. The molecule has 0 radical (unpaired) electrons. The maximum absolute atomic E-state index is 13.7. The topological polar surface area (TPSA) is 101 Å². The van der Waals surface area contributed by atoms with Crippen LogP contribution in [0.3, 0.4) is 0 Å². The van der Waals surface area contributed by atoms with Gasteiger partial charge in [-0.25, -0.2) is 4.98 Å². The van der Waals surface area contributed by atoms with E-state index in [1.807, 2.05) is 62.7 Å². The molecule has 36 heavy (non-hydrogen) atoms. The molecule has 1 aliphatic rings. The number of carbonyl (C=O) groups excluding carboxylic acids is 1. The van der Waals surface area contributed by atoms with Crippen LogP contribution in [-0.4, -0.2) is 64.7 Å². The summed E-state index contributed by atoms with van der Waals surface area (Å²) < 4.78 is 7.97. The smallest absolute Gasteiger partial charge is 0.257 e. The molecule has 0 fully saturated rings. The molecule has 2 aromatic heterocycles. The van der Waals surface area contributed by atoms with Crippen LogP contribution < -0.4 is 20.7 Å². The van der Waals surface area contributed by atoms with Gasteiger partial charge in [-0.3, -0.25) is 4.79 Å². The van der Waals surface area contributed by atoms with Crippen molar-refractivity contribution in [3.05, 3.63) is 47.2 Å². The predicted molar refractivity (Wildman–Crippen MR) is 144 cm³/mol. The van der Waals surface area contributed by atoms with Gasteiger partial charge in [0.1, 0.15) is 17.4 Å². The van der Waals surface area contributed by atoms with Crippen molar-refractivity contribution in [3.63, 3.8) is 0 Å². The molecule has 3 heterocycles. The van der Waals surface area contributed by atoms with Crippen molar-refractivity contribution in [3.8, 4) is 5.75 Å². The summed E-state index contributed by atoms with van der Waals surface area (Å²) in [6.07, 6.45) is 2.51. The first kappa shape index (κ1) is 25.8. The summed E-state index contributed by atoms with van der Waals surface area (Å²) in [6.45, 7) is 9.98. The van der Waals surface area contributed by atoms with Gasteiger partial charge in [-0.2, -0.15) is 9.61 Å². The molecule has 0 aliphatic carbocycles. The number of ether oxygens (including phenoxy) is 1. The van der Waals surface area contributed by atoms with Crippen molar-refractivity contribution in [2.45, 2.75) is 58.5 Å². The van der Waals surface area contributed by atoms with Crippen LogP contribution in [0.15, 0.2) is 30.3 Å². The van der Waals surface area contributed by atoms with Crippen LogP contribution in [0.1, 0.15) is 67.7 Å². The van der Waals surface area contributed by atoms with Crippen molar-refractivity contribution in [1.29, 1.82) is 0 Å². The van der Waals surface area contributed by atoms with Gasteiger partial charge < -0.3 is 25.6 Å². The van der Waals surface area contributed by atoms with Crippen LogP contribution in [0.5, 0.6) is 5.75 Å². The van der Waals surface area contributed by atoms with E-state index in [-0.39, 0.29) is 17.5 Å². The molecule has 0 saturated heterocycles. The summed E-state index contributed by atoms with van der Waals surface area (Å²) in [6, 6.07) is 9.58. The van der Waals surface area contributed by atoms with Crippen molar-refractivity contribution in [2.75, 3.05) is 44.0 Å². The van der Waals surface area contributed by atoms with E-state index in [1.54, 1.807) is 4.90 Å². The number of fused-ring (bicyclic) bond motifs is 2. The summed E-state index contributed by atoms with van der Waals surface area (Å²) in [4.78, 5) is 22.4. The molecule has 3 N–H and O–H groups in total. The minimum Gasteiger partial charge on any atom is -0.493 e. The number of nitrogens with zero attached hydrogens (tertiary/aromatic N) is 5. The van der Waals surface area contributed by atoms with Crippen LogP contribution in [0.4, 0.5) is 11.6 Å². The third-order valence-corrected chi connectivity index (χ3v) is 6.57. The van der Waals surface area contributed by atoms with Gasteiger partial charge in [-0.05, 0) is 52.2 Å². The van der Waals surface area contributed by atoms with E-state index in [9.17, 15) is 4.79 Å². The number of aromatic nitrogens is 3. The first-order valence-corrected chi connectivity index (χ1v) is 12.7. The van der Waals surface area contributed by atoms with Gasteiger partial charge in [0.15, 0.2) is 5.65 Å². The molecule has 3 aromatic rings. The van der Waals surface area contributed by atoms with Crippen LogP contribution in [0, 0.1) is 6.92 Å². The SMILES string of the molecule is CC[C@H]1c2cc3nc(NCC(C)(C)N)cc(n3n2)N(C)CCCCOc2ccc(C)cc2C(=O)N1C. The first-order chi connectivity index (χ1) is 17.1. The Balaban J connectivity index is 1.80. The fraction of sp³-hybridized carbons (Fsp3) is 0.519. The number of benzene rings is 1. The standard InChI is InChI=1S/C27H39N7O2/c1-7-21-20-15-24-30-23(29-17-27(3,4)28)16-25(34(24)31-20)32(5)12-8-9-13-36-22-11-10-18(2)14-19(22)26(35)33(21)6/h10-11,14-16,21H,7-9,12-13,17,28H2,1-6H3,(H,29,30)/t21-/m0/s1. The minimum atomic E-state index is -0.371. The fourth-order valence-corrected chi connectivity index (χ4v) is 4.52. The molecular formula is C27H39N7O2. The number of aryl methyl sites for hydroxylation is 1. The third kappa shape index (κ3) is 5.56. The quantitative estimate of drug-likeness (QED) is 0.566. The van der Waals surface area contributed by atoms with Crippen LogP contribution >= 0.6 is 0 Å². The molecule has 1 amide bonds. The van der Waals surface area contributed by atoms with Gasteiger partial charge in [0.25, 0.3) is 5.91 Å². The third-order valence-electron chi connectivity index (χ3n) is 6.57. The van der Waals surface area contributed by atoms with Gasteiger partial charge in [0.2, 0.25) is 0 Å². The van der Waals surface area contributed by atoms with Gasteiger partial charge in [0.05, 0.1) is 23.9 Å². The summed E-state index contributed by atoms with van der Waals surface area (Å²) in [5.74, 6) is 2.24. The second-order valence-electron chi connectivity index (χ2n) is 10.5. The van der Waals surface area contributed by atoms with Gasteiger partial charge in [0, 0.05) is 44.9 Å². The average molecular weight is 494 g/mol. The van der Waals surface area contributed by atoms with Gasteiger partial charge in [-0.15, -0.1) is 0 Å². The summed E-state index contributed by atoms with van der Waals surface area (Å²) in [5, 5.41) is 8.33. The van der Waals surface area contributed by atoms with Crippen LogP contribution in [-0.2, 0) is 0 Å². The maximum atomic E-state index is 13.7. The second-order valence-corrected chi connectivity index (χ2v) is 10.5. The summed E-state index contributed by atoms with van der Waals surface area (Å²) in [5.41, 5.74) is 8.97. The molecule has 1 aromatic carbocycles. The van der Waals surface area contributed by atoms with Crippen LogP contribution in [0.2, 0.25) is 0 Å². The Kier molecular flexibility index (Phi) is 7.40. The number of rotatable bonds is 4. The number of anilines is 2. The molecular weight excluding hydrogens is 454 g/mol. The largest absolute Gasteiger partial charge is 0.493 e. The Morgan fingerprint density at radius 2 is 1.97 bits per heavy atom. The molecule has 0 unspecified atom stereocenters. The summed E-state index contributed by atoms with van der Waals surface area (Å²) >= 11 is 0. The molecule has 4 rings (SSSR count). The van der Waals surface area contributed by atoms with E-state index in [2.05, 4.69) is 24.2 Å². The number of carbonyl (C=O) groups is 1.